The summed E-state index contributed by atoms with van der Waals surface area (Å²) in [6.07, 6.45) is 59.2. The van der Waals surface area contributed by atoms with Crippen molar-refractivity contribution in [3.05, 3.63) is 85.1 Å². The number of rotatable bonds is 45. The molecule has 10 heteroatoms. The van der Waals surface area contributed by atoms with Crippen molar-refractivity contribution in [3.8, 4) is 0 Å². The summed E-state index contributed by atoms with van der Waals surface area (Å²) < 4.78 is 33.9. The zero-order valence-electron chi connectivity index (χ0n) is 41.4. The third-order valence-electron chi connectivity index (χ3n) is 10.4. The van der Waals surface area contributed by atoms with Gasteiger partial charge in [0.15, 0.2) is 6.10 Å². The lowest BCUT2D eigenvalue weighted by Gasteiger charge is -2.28. The Morgan fingerprint density at radius 3 is 1.39 bits per heavy atom. The zero-order chi connectivity index (χ0) is 47.1. The van der Waals surface area contributed by atoms with E-state index in [-0.39, 0.29) is 26.1 Å². The van der Waals surface area contributed by atoms with E-state index in [2.05, 4.69) is 86.8 Å². The zero-order valence-corrected chi connectivity index (χ0v) is 42.3. The van der Waals surface area contributed by atoms with Gasteiger partial charge in [-0.15, -0.1) is 0 Å². The summed E-state index contributed by atoms with van der Waals surface area (Å²) in [7, 11) is 1.11. The van der Waals surface area contributed by atoms with Crippen molar-refractivity contribution >= 4 is 19.8 Å². The second-order valence-corrected chi connectivity index (χ2v) is 19.2. The van der Waals surface area contributed by atoms with Crippen molar-refractivity contribution in [2.45, 2.75) is 200 Å². The molecule has 0 aromatic rings. The lowest BCUT2D eigenvalue weighted by molar-refractivity contribution is -0.870. The monoisotopic (exact) mass is 916 g/mol. The van der Waals surface area contributed by atoms with Gasteiger partial charge in [0.05, 0.1) is 27.7 Å². The Hall–Kier alpha value is -2.81. The third-order valence-corrected chi connectivity index (χ3v) is 11.4. The van der Waals surface area contributed by atoms with Crippen LogP contribution in [0.4, 0.5) is 0 Å². The van der Waals surface area contributed by atoms with E-state index in [1.807, 2.05) is 33.3 Å². The van der Waals surface area contributed by atoms with Gasteiger partial charge in [0, 0.05) is 12.8 Å². The van der Waals surface area contributed by atoms with Crippen LogP contribution < -0.4 is 4.89 Å². The van der Waals surface area contributed by atoms with Gasteiger partial charge >= 0.3 is 11.9 Å². The molecule has 0 saturated heterocycles. The molecule has 0 fully saturated rings. The van der Waals surface area contributed by atoms with E-state index in [1.54, 1.807) is 0 Å². The van der Waals surface area contributed by atoms with Crippen LogP contribution >= 0.6 is 7.82 Å². The molecule has 0 heterocycles. The summed E-state index contributed by atoms with van der Waals surface area (Å²) in [5.74, 6) is -0.936. The molecule has 0 aliphatic carbocycles. The predicted molar refractivity (Wildman–Crippen MR) is 268 cm³/mol. The Balaban J connectivity index is 4.37. The van der Waals surface area contributed by atoms with E-state index in [9.17, 15) is 19.0 Å². The molecule has 0 aromatic heterocycles. The lowest BCUT2D eigenvalue weighted by atomic mass is 10.0. The number of unbranched alkanes of at least 4 members (excludes halogenated alkanes) is 17. The molecule has 1 unspecified atom stereocenters. The Morgan fingerprint density at radius 2 is 0.922 bits per heavy atom. The van der Waals surface area contributed by atoms with Gasteiger partial charge in [-0.05, 0) is 77.0 Å². The van der Waals surface area contributed by atoms with Gasteiger partial charge < -0.3 is 27.9 Å². The quantitative estimate of drug-likeness (QED) is 0.0195. The van der Waals surface area contributed by atoms with Crippen molar-refractivity contribution in [3.63, 3.8) is 0 Å². The Kier molecular flexibility index (Phi) is 43.4. The van der Waals surface area contributed by atoms with E-state index in [0.29, 0.717) is 17.4 Å². The number of hydrogen-bond acceptors (Lipinski definition) is 8. The van der Waals surface area contributed by atoms with Gasteiger partial charge in [0.2, 0.25) is 0 Å². The molecule has 64 heavy (non-hydrogen) atoms. The van der Waals surface area contributed by atoms with E-state index < -0.39 is 32.5 Å². The van der Waals surface area contributed by atoms with Crippen LogP contribution in [-0.4, -0.2) is 70.0 Å². The number of likely N-dealkylation sites (N-methyl/N-ethyl adjacent to an activating group) is 1. The summed E-state index contributed by atoms with van der Waals surface area (Å²) in [5.41, 5.74) is 0. The molecule has 368 valence electrons. The molecule has 0 rings (SSSR count). The van der Waals surface area contributed by atoms with Gasteiger partial charge in [0.25, 0.3) is 7.82 Å². The summed E-state index contributed by atoms with van der Waals surface area (Å²) in [6.45, 7) is 4.02. The van der Waals surface area contributed by atoms with Crippen LogP contribution in [-0.2, 0) is 32.7 Å². The van der Waals surface area contributed by atoms with Crippen LogP contribution in [0.1, 0.15) is 194 Å². The number of phosphoric ester groups is 1. The fourth-order valence-corrected chi connectivity index (χ4v) is 7.23. The minimum absolute atomic E-state index is 0.0483. The Morgan fingerprint density at radius 1 is 0.500 bits per heavy atom. The number of phosphoric acid groups is 1. The van der Waals surface area contributed by atoms with Crippen molar-refractivity contribution in [1.29, 1.82) is 0 Å². The third kappa shape index (κ3) is 48.6. The SMILES string of the molecule is CC/C=C/C/C=C/C/C=C/C/C=C/C/C=C/C/C=C/CCC(=O)O[C@H](COC(=O)CCCCCCCCCCCCC/C=C/CCCCCCCC)COP(=O)([O-])OCC[N+](C)(C)C. The number of allylic oxidation sites excluding steroid dienone is 14. The number of nitrogens with zero attached hydrogens (tertiary/aromatic N) is 1. The van der Waals surface area contributed by atoms with E-state index in [1.165, 1.54) is 103 Å². The predicted octanol–water partition coefficient (Wildman–Crippen LogP) is 14.5. The smallest absolute Gasteiger partial charge is 0.306 e. The summed E-state index contributed by atoms with van der Waals surface area (Å²) in [4.78, 5) is 37.7. The van der Waals surface area contributed by atoms with Crippen molar-refractivity contribution in [1.82, 2.24) is 0 Å². The number of carbonyl (C=O) groups is 2. The van der Waals surface area contributed by atoms with Gasteiger partial charge in [0.1, 0.15) is 19.8 Å². The number of esters is 2. The van der Waals surface area contributed by atoms with Crippen LogP contribution in [0.25, 0.3) is 0 Å². The van der Waals surface area contributed by atoms with Crippen molar-refractivity contribution < 1.29 is 42.1 Å². The molecule has 0 bridgehead atoms. The minimum Gasteiger partial charge on any atom is -0.756 e. The highest BCUT2D eigenvalue weighted by atomic mass is 31.2. The van der Waals surface area contributed by atoms with Gasteiger partial charge in [-0.3, -0.25) is 14.2 Å². The average Bonchev–Trinajstić information content (AvgIpc) is 3.25. The normalized spacial score (nSPS) is 14.2. The van der Waals surface area contributed by atoms with Gasteiger partial charge in [-0.25, -0.2) is 0 Å². The molecular formula is C54H94NO8P. The lowest BCUT2D eigenvalue weighted by Crippen LogP contribution is -2.37. The summed E-state index contributed by atoms with van der Waals surface area (Å²) >= 11 is 0. The first-order valence-electron chi connectivity index (χ1n) is 25.3. The fourth-order valence-electron chi connectivity index (χ4n) is 6.50. The summed E-state index contributed by atoms with van der Waals surface area (Å²) in [5, 5.41) is 0. The molecule has 0 radical (unpaired) electrons. The first-order valence-corrected chi connectivity index (χ1v) is 26.8. The average molecular weight is 916 g/mol. The second kappa shape index (κ2) is 45.4. The van der Waals surface area contributed by atoms with Crippen molar-refractivity contribution in [2.24, 2.45) is 0 Å². The number of ether oxygens (including phenoxy) is 2. The first-order chi connectivity index (χ1) is 31.0. The maximum Gasteiger partial charge on any atom is 0.306 e. The van der Waals surface area contributed by atoms with Crippen LogP contribution in [0.5, 0.6) is 0 Å². The molecule has 0 saturated carbocycles. The Labute approximate surface area is 392 Å². The fraction of sp³-hybridized carbons (Fsp3) is 0.704. The van der Waals surface area contributed by atoms with E-state index in [0.717, 1.165) is 57.8 Å². The standard InChI is InChI=1S/C54H94NO8P/c1-6-8-10-12-14-16-18-20-22-24-26-27-29-30-32-34-36-38-40-42-44-46-53(56)60-50-52(51-62-64(58,59)61-49-48-55(3,4)5)63-54(57)47-45-43-41-39-37-35-33-31-28-25-23-21-19-17-15-13-11-9-7-2/h9,11,15,17,20-23,28,31,35,37,41,43,52H,6-8,10,12-14,16,18-19,24-27,29-30,32-34,36,38-40,42,44-51H2,1-5H3/b11-9+,17-15+,22-20+,23-21+,31-28+,37-35+,43-41+/t52-/m1/s1. The topological polar surface area (TPSA) is 111 Å². The molecular weight excluding hydrogens is 822 g/mol. The highest BCUT2D eigenvalue weighted by molar-refractivity contribution is 7.45. The molecule has 0 spiro atoms. The number of carbonyl (C=O) groups excluding carboxylic acids is 2. The molecule has 0 aliphatic heterocycles. The first kappa shape index (κ1) is 61.2. The molecule has 0 amide bonds. The largest absolute Gasteiger partial charge is 0.756 e. The van der Waals surface area contributed by atoms with Crippen LogP contribution in [0.2, 0.25) is 0 Å². The van der Waals surface area contributed by atoms with Crippen LogP contribution in [0, 0.1) is 0 Å². The van der Waals surface area contributed by atoms with Crippen LogP contribution in [0.3, 0.4) is 0 Å². The van der Waals surface area contributed by atoms with Gasteiger partial charge in [-0.1, -0.05) is 189 Å². The minimum atomic E-state index is -4.66. The number of quaternary nitrogens is 1. The van der Waals surface area contributed by atoms with Crippen LogP contribution in [0.15, 0.2) is 85.1 Å². The van der Waals surface area contributed by atoms with E-state index >= 15 is 0 Å². The Bertz CT molecular complexity index is 1360. The maximum absolute atomic E-state index is 12.7. The molecule has 0 aromatic carbocycles. The second-order valence-electron chi connectivity index (χ2n) is 17.8. The highest BCUT2D eigenvalue weighted by Crippen LogP contribution is 2.38. The van der Waals surface area contributed by atoms with E-state index in [4.69, 9.17) is 18.5 Å². The molecule has 0 N–H and O–H groups in total. The summed E-state index contributed by atoms with van der Waals surface area (Å²) in [6, 6.07) is 0. The van der Waals surface area contributed by atoms with Gasteiger partial charge in [-0.2, -0.15) is 0 Å². The number of hydrogen-bond donors (Lipinski definition) is 0. The maximum atomic E-state index is 12.7. The molecule has 9 nitrogen and oxygen atoms in total. The molecule has 2 atom stereocenters. The van der Waals surface area contributed by atoms with Crippen molar-refractivity contribution in [2.75, 3.05) is 47.5 Å². The molecule has 0 aliphatic rings. The highest BCUT2D eigenvalue weighted by Gasteiger charge is 2.21.